The zero-order valence-electron chi connectivity index (χ0n) is 17.3. The number of piperazine rings is 1. The summed E-state index contributed by atoms with van der Waals surface area (Å²) in [7, 11) is 3.00. The van der Waals surface area contributed by atoms with Gasteiger partial charge in [0.1, 0.15) is 11.8 Å². The van der Waals surface area contributed by atoms with Crippen LogP contribution in [-0.4, -0.2) is 45.9 Å². The van der Waals surface area contributed by atoms with E-state index in [1.54, 1.807) is 12.3 Å². The van der Waals surface area contributed by atoms with E-state index in [4.69, 9.17) is 4.74 Å². The first-order valence-corrected chi connectivity index (χ1v) is 12.2. The molecule has 170 valence electrons. The lowest BCUT2D eigenvalue weighted by Gasteiger charge is -2.41. The number of methoxy groups -OCH3 is 1. The Balaban J connectivity index is 1.62. The number of rotatable bonds is 3. The minimum absolute atomic E-state index is 0.189. The summed E-state index contributed by atoms with van der Waals surface area (Å²) in [5.74, 6) is -0.743. The van der Waals surface area contributed by atoms with E-state index in [1.165, 1.54) is 25.3 Å². The number of hydrogen-bond donors (Lipinski definition) is 4. The monoisotopic (exact) mass is 638 g/mol. The van der Waals surface area contributed by atoms with Gasteiger partial charge in [0.25, 0.3) is 5.91 Å². The molecule has 3 heterocycles. The number of benzene rings is 2. The molecule has 1 aliphatic heterocycles. The molecule has 0 radical (unpaired) electrons. The SMILES string of the molecule is COc1cc(Br)c(Br)c2[nH]cc([C@@]3(O)NC(=O)[C@H](c4c[nH]c5cc(Br)ccc45)N(C)C3=O)c12. The summed E-state index contributed by atoms with van der Waals surface area (Å²) in [4.78, 5) is 34.4. The van der Waals surface area contributed by atoms with Crippen LogP contribution < -0.4 is 10.1 Å². The Morgan fingerprint density at radius 2 is 1.88 bits per heavy atom. The fourth-order valence-corrected chi connectivity index (χ4v) is 5.59. The maximum Gasteiger partial charge on any atom is 0.281 e. The van der Waals surface area contributed by atoms with E-state index in [2.05, 4.69) is 63.1 Å². The molecule has 33 heavy (non-hydrogen) atoms. The first-order chi connectivity index (χ1) is 15.7. The van der Waals surface area contributed by atoms with Crippen LogP contribution in [0.5, 0.6) is 5.75 Å². The third kappa shape index (κ3) is 3.24. The van der Waals surface area contributed by atoms with Gasteiger partial charge in [-0.25, -0.2) is 0 Å². The van der Waals surface area contributed by atoms with Gasteiger partial charge < -0.3 is 30.0 Å². The van der Waals surface area contributed by atoms with E-state index >= 15 is 0 Å². The van der Waals surface area contributed by atoms with Crippen LogP contribution in [0.2, 0.25) is 0 Å². The van der Waals surface area contributed by atoms with Crippen molar-refractivity contribution in [3.63, 3.8) is 0 Å². The smallest absolute Gasteiger partial charge is 0.281 e. The number of aromatic amines is 2. The minimum Gasteiger partial charge on any atom is -0.496 e. The molecule has 4 N–H and O–H groups in total. The number of aromatic nitrogens is 2. The largest absolute Gasteiger partial charge is 0.496 e. The topological polar surface area (TPSA) is 110 Å². The number of ether oxygens (including phenoxy) is 1. The second kappa shape index (κ2) is 7.86. The lowest BCUT2D eigenvalue weighted by Crippen LogP contribution is -2.64. The predicted octanol–water partition coefficient (Wildman–Crippen LogP) is 4.42. The number of carbonyl (C=O) groups excluding carboxylic acids is 2. The minimum atomic E-state index is -2.28. The molecule has 1 aliphatic rings. The normalized spacial score (nSPS) is 21.2. The molecule has 2 aromatic heterocycles. The molecule has 2 aromatic carbocycles. The highest BCUT2D eigenvalue weighted by Crippen LogP contribution is 2.44. The Labute approximate surface area is 213 Å². The van der Waals surface area contributed by atoms with E-state index < -0.39 is 23.6 Å². The highest BCUT2D eigenvalue weighted by Gasteiger charge is 2.52. The second-order valence-corrected chi connectivity index (χ2v) is 10.3. The number of fused-ring (bicyclic) bond motifs is 2. The zero-order valence-corrected chi connectivity index (χ0v) is 22.1. The number of carbonyl (C=O) groups is 2. The number of likely N-dealkylation sites (N-methyl/N-ethyl adjacent to an activating group) is 1. The quantitative estimate of drug-likeness (QED) is 0.266. The highest BCUT2D eigenvalue weighted by molar-refractivity contribution is 9.13. The molecule has 0 aliphatic carbocycles. The average molecular weight is 641 g/mol. The van der Waals surface area contributed by atoms with Crippen molar-refractivity contribution >= 4 is 81.4 Å². The molecule has 2 atom stereocenters. The molecule has 4 aromatic rings. The predicted molar refractivity (Wildman–Crippen MR) is 134 cm³/mol. The summed E-state index contributed by atoms with van der Waals surface area (Å²) >= 11 is 10.4. The van der Waals surface area contributed by atoms with Gasteiger partial charge in [0.15, 0.2) is 0 Å². The van der Waals surface area contributed by atoms with E-state index in [1.807, 2.05) is 18.2 Å². The molecule has 11 heteroatoms. The number of nitrogens with one attached hydrogen (secondary N) is 3. The van der Waals surface area contributed by atoms with Crippen LogP contribution in [0.3, 0.4) is 0 Å². The number of aliphatic hydroxyl groups is 1. The zero-order chi connectivity index (χ0) is 23.7. The maximum atomic E-state index is 13.5. The van der Waals surface area contributed by atoms with Crippen LogP contribution in [0.1, 0.15) is 17.2 Å². The molecule has 2 amide bonds. The first-order valence-electron chi connectivity index (χ1n) is 9.79. The Hall–Kier alpha value is -2.34. The van der Waals surface area contributed by atoms with Gasteiger partial charge in [-0.15, -0.1) is 0 Å². The molecule has 8 nitrogen and oxygen atoms in total. The van der Waals surface area contributed by atoms with Gasteiger partial charge in [-0.3, -0.25) is 9.59 Å². The van der Waals surface area contributed by atoms with Crippen molar-refractivity contribution in [3.8, 4) is 5.75 Å². The third-order valence-corrected chi connectivity index (χ3v) is 8.44. The number of halogens is 3. The summed E-state index contributed by atoms with van der Waals surface area (Å²) in [5.41, 5.74) is -0.0227. The molecular weight excluding hydrogens is 624 g/mol. The van der Waals surface area contributed by atoms with Crippen LogP contribution in [0.25, 0.3) is 21.8 Å². The number of H-pyrrole nitrogens is 2. The van der Waals surface area contributed by atoms with Gasteiger partial charge >= 0.3 is 0 Å². The van der Waals surface area contributed by atoms with Gasteiger partial charge in [0, 0.05) is 50.4 Å². The van der Waals surface area contributed by atoms with Gasteiger partial charge in [-0.2, -0.15) is 0 Å². The standard InChI is InChI=1S/C22H17Br3N4O4/c1-29-19(11-7-26-14-5-9(23)3-4-10(11)14)20(30)28-22(32,21(29)31)12-8-27-18-16(12)15(33-2)6-13(24)17(18)25/h3-8,19,26-27,32H,1-2H3,(H,28,30)/t19-,22-/m0/s1. The van der Waals surface area contributed by atoms with E-state index in [0.717, 1.165) is 19.8 Å². The summed E-state index contributed by atoms with van der Waals surface area (Å²) in [6.07, 6.45) is 3.21. The van der Waals surface area contributed by atoms with Crippen molar-refractivity contribution in [2.45, 2.75) is 11.8 Å². The van der Waals surface area contributed by atoms with Crippen molar-refractivity contribution in [1.82, 2.24) is 20.2 Å². The number of nitrogens with zero attached hydrogens (tertiary/aromatic N) is 1. The highest BCUT2D eigenvalue weighted by atomic mass is 79.9. The van der Waals surface area contributed by atoms with Gasteiger partial charge in [0.05, 0.1) is 22.5 Å². The average Bonchev–Trinajstić information content (AvgIpc) is 3.40. The third-order valence-electron chi connectivity index (χ3n) is 5.96. The summed E-state index contributed by atoms with van der Waals surface area (Å²) in [6, 6.07) is 6.44. The fraction of sp³-hybridized carbons (Fsp3) is 0.182. The van der Waals surface area contributed by atoms with Crippen LogP contribution in [-0.2, 0) is 15.3 Å². The molecule has 1 saturated heterocycles. The summed E-state index contributed by atoms with van der Waals surface area (Å²) < 4.78 is 7.81. The molecule has 0 saturated carbocycles. The van der Waals surface area contributed by atoms with Gasteiger partial charge in [-0.05, 0) is 50.1 Å². The molecular formula is C22H17Br3N4O4. The number of amides is 2. The van der Waals surface area contributed by atoms with Crippen LogP contribution in [0.4, 0.5) is 0 Å². The summed E-state index contributed by atoms with van der Waals surface area (Å²) in [6.45, 7) is 0. The van der Waals surface area contributed by atoms with Crippen molar-refractivity contribution in [2.75, 3.05) is 14.2 Å². The van der Waals surface area contributed by atoms with Crippen LogP contribution >= 0.6 is 47.8 Å². The Bertz CT molecular complexity index is 1460. The molecule has 0 unspecified atom stereocenters. The van der Waals surface area contributed by atoms with Gasteiger partial charge in [0.2, 0.25) is 11.6 Å². The second-order valence-electron chi connectivity index (χ2n) is 7.78. The fourth-order valence-electron chi connectivity index (χ4n) is 4.40. The van der Waals surface area contributed by atoms with Crippen molar-refractivity contribution < 1.29 is 19.4 Å². The molecule has 1 fully saturated rings. The van der Waals surface area contributed by atoms with E-state index in [9.17, 15) is 14.7 Å². The number of hydrogen-bond acceptors (Lipinski definition) is 4. The molecule has 0 spiro atoms. The van der Waals surface area contributed by atoms with E-state index in [-0.39, 0.29) is 5.56 Å². The Morgan fingerprint density at radius 3 is 2.61 bits per heavy atom. The Kier molecular flexibility index (Phi) is 5.35. The first kappa shape index (κ1) is 22.5. The van der Waals surface area contributed by atoms with Gasteiger partial charge in [-0.1, -0.05) is 22.0 Å². The van der Waals surface area contributed by atoms with Crippen LogP contribution in [0, 0.1) is 0 Å². The van der Waals surface area contributed by atoms with Crippen molar-refractivity contribution in [1.29, 1.82) is 0 Å². The molecule has 0 bridgehead atoms. The van der Waals surface area contributed by atoms with Crippen molar-refractivity contribution in [2.24, 2.45) is 0 Å². The maximum absolute atomic E-state index is 13.5. The lowest BCUT2D eigenvalue weighted by atomic mass is 9.93. The lowest BCUT2D eigenvalue weighted by molar-refractivity contribution is -0.172. The van der Waals surface area contributed by atoms with Crippen LogP contribution in [0.15, 0.2) is 50.1 Å². The summed E-state index contributed by atoms with van der Waals surface area (Å²) in [5, 5.41) is 15.4. The van der Waals surface area contributed by atoms with Crippen molar-refractivity contribution in [3.05, 3.63) is 61.2 Å². The Morgan fingerprint density at radius 1 is 1.12 bits per heavy atom. The molecule has 5 rings (SSSR count). The van der Waals surface area contributed by atoms with E-state index in [0.29, 0.717) is 26.7 Å².